The van der Waals surface area contributed by atoms with Crippen LogP contribution in [0.15, 0.2) is 6.33 Å². The summed E-state index contributed by atoms with van der Waals surface area (Å²) < 4.78 is 1.99. The maximum Gasteiger partial charge on any atom is 0.138 e. The number of nitrogens with one attached hydrogen (secondary N) is 1. The van der Waals surface area contributed by atoms with Gasteiger partial charge in [-0.3, -0.25) is 16.2 Å². The van der Waals surface area contributed by atoms with E-state index in [0.717, 1.165) is 31.9 Å². The van der Waals surface area contributed by atoms with Gasteiger partial charge < -0.3 is 0 Å². The molecule has 0 amide bonds. The van der Waals surface area contributed by atoms with E-state index in [1.165, 1.54) is 0 Å². The van der Waals surface area contributed by atoms with Crippen LogP contribution < -0.4 is 11.3 Å². The molecule has 1 atom stereocenters. The third-order valence-electron chi connectivity index (χ3n) is 4.25. The number of hydrogen-bond donors (Lipinski definition) is 2. The Morgan fingerprint density at radius 3 is 2.43 bits per heavy atom. The predicted molar refractivity (Wildman–Crippen MR) is 86.7 cm³/mol. The van der Waals surface area contributed by atoms with Gasteiger partial charge in [-0.1, -0.05) is 27.7 Å². The summed E-state index contributed by atoms with van der Waals surface area (Å²) >= 11 is 0. The summed E-state index contributed by atoms with van der Waals surface area (Å²) in [5.41, 5.74) is 2.94. The molecule has 0 spiro atoms. The Labute approximate surface area is 129 Å². The lowest BCUT2D eigenvalue weighted by molar-refractivity contribution is 0.0898. The van der Waals surface area contributed by atoms with Crippen molar-refractivity contribution in [3.05, 3.63) is 12.2 Å². The zero-order valence-electron chi connectivity index (χ0n) is 14.4. The summed E-state index contributed by atoms with van der Waals surface area (Å²) in [6.07, 6.45) is 2.41. The van der Waals surface area contributed by atoms with Crippen LogP contribution in [-0.2, 0) is 13.0 Å². The lowest BCUT2D eigenvalue weighted by atomic mass is 9.90. The van der Waals surface area contributed by atoms with Gasteiger partial charge in [0.05, 0.1) is 0 Å². The van der Waals surface area contributed by atoms with E-state index in [2.05, 4.69) is 62.0 Å². The van der Waals surface area contributed by atoms with Crippen LogP contribution in [0.25, 0.3) is 0 Å². The molecule has 3 N–H and O–H groups in total. The summed E-state index contributed by atoms with van der Waals surface area (Å²) in [5.74, 6) is 7.38. The summed E-state index contributed by atoms with van der Waals surface area (Å²) in [7, 11) is 0. The highest BCUT2D eigenvalue weighted by molar-refractivity contribution is 4.99. The number of nitrogens with zero attached hydrogens (tertiary/aromatic N) is 4. The first-order valence-electron chi connectivity index (χ1n) is 7.94. The molecule has 1 unspecified atom stereocenters. The Bertz CT molecular complexity index is 408. The highest BCUT2D eigenvalue weighted by Gasteiger charge is 2.34. The van der Waals surface area contributed by atoms with E-state index < -0.39 is 0 Å². The van der Waals surface area contributed by atoms with Crippen LogP contribution in [-0.4, -0.2) is 44.3 Å². The maximum absolute atomic E-state index is 5.84. The van der Waals surface area contributed by atoms with Crippen molar-refractivity contribution in [3.8, 4) is 0 Å². The van der Waals surface area contributed by atoms with E-state index in [4.69, 9.17) is 5.84 Å². The van der Waals surface area contributed by atoms with Crippen molar-refractivity contribution in [2.75, 3.05) is 13.1 Å². The number of aromatic nitrogens is 3. The van der Waals surface area contributed by atoms with Crippen molar-refractivity contribution in [2.24, 2.45) is 11.8 Å². The first kappa shape index (κ1) is 18.1. The first-order valence-corrected chi connectivity index (χ1v) is 7.94. The molecular formula is C15H32N6. The molecule has 0 bridgehead atoms. The normalized spacial score (nSPS) is 14.1. The quantitative estimate of drug-likeness (QED) is 0.533. The van der Waals surface area contributed by atoms with E-state index in [-0.39, 0.29) is 11.6 Å². The SMILES string of the molecule is CCN(CC)C(C)(C)C(Cc1ncnn1CC(C)C)NN. The fourth-order valence-corrected chi connectivity index (χ4v) is 2.90. The molecule has 1 heterocycles. The predicted octanol–water partition coefficient (Wildman–Crippen LogP) is 1.43. The number of nitrogens with two attached hydrogens (primary N) is 1. The lowest BCUT2D eigenvalue weighted by Gasteiger charge is -2.43. The Morgan fingerprint density at radius 2 is 1.95 bits per heavy atom. The molecule has 0 aliphatic heterocycles. The van der Waals surface area contributed by atoms with E-state index in [1.807, 2.05) is 4.68 Å². The van der Waals surface area contributed by atoms with Gasteiger partial charge in [-0.25, -0.2) is 9.67 Å². The van der Waals surface area contributed by atoms with Crippen molar-refractivity contribution in [1.82, 2.24) is 25.1 Å². The van der Waals surface area contributed by atoms with Crippen LogP contribution in [0.1, 0.15) is 47.4 Å². The van der Waals surface area contributed by atoms with Crippen molar-refractivity contribution in [3.63, 3.8) is 0 Å². The molecule has 1 rings (SSSR count). The van der Waals surface area contributed by atoms with Gasteiger partial charge in [0.2, 0.25) is 0 Å². The second-order valence-corrected chi connectivity index (χ2v) is 6.50. The molecule has 0 aromatic carbocycles. The van der Waals surface area contributed by atoms with Gasteiger partial charge in [0, 0.05) is 24.5 Å². The minimum absolute atomic E-state index is 0.0487. The van der Waals surface area contributed by atoms with Crippen molar-refractivity contribution in [2.45, 2.75) is 66.1 Å². The van der Waals surface area contributed by atoms with E-state index >= 15 is 0 Å². The highest BCUT2D eigenvalue weighted by atomic mass is 15.3. The van der Waals surface area contributed by atoms with Crippen LogP contribution in [0.3, 0.4) is 0 Å². The molecule has 6 nitrogen and oxygen atoms in total. The molecule has 0 saturated carbocycles. The van der Waals surface area contributed by atoms with Crippen molar-refractivity contribution < 1.29 is 0 Å². The standard InChI is InChI=1S/C15H32N6/c1-7-20(8-2)15(5,6)13(19-16)9-14-17-11-18-21(14)10-12(3)4/h11-13,19H,7-10,16H2,1-6H3. The van der Waals surface area contributed by atoms with Crippen molar-refractivity contribution in [1.29, 1.82) is 0 Å². The number of hydrazine groups is 1. The Morgan fingerprint density at radius 1 is 1.33 bits per heavy atom. The van der Waals surface area contributed by atoms with E-state index in [0.29, 0.717) is 5.92 Å². The summed E-state index contributed by atoms with van der Waals surface area (Å²) in [6.45, 7) is 16.1. The molecule has 0 saturated heterocycles. The zero-order valence-corrected chi connectivity index (χ0v) is 14.4. The largest absolute Gasteiger partial charge is 0.297 e. The fraction of sp³-hybridized carbons (Fsp3) is 0.867. The molecule has 122 valence electrons. The second-order valence-electron chi connectivity index (χ2n) is 6.50. The maximum atomic E-state index is 5.84. The second kappa shape index (κ2) is 7.87. The molecular weight excluding hydrogens is 264 g/mol. The smallest absolute Gasteiger partial charge is 0.138 e. The summed E-state index contributed by atoms with van der Waals surface area (Å²) in [4.78, 5) is 6.84. The highest BCUT2D eigenvalue weighted by Crippen LogP contribution is 2.21. The molecule has 0 aliphatic carbocycles. The summed E-state index contributed by atoms with van der Waals surface area (Å²) in [6, 6.07) is 0.118. The molecule has 1 aromatic heterocycles. The van der Waals surface area contributed by atoms with Crippen LogP contribution >= 0.6 is 0 Å². The molecule has 1 aromatic rings. The molecule has 6 heteroatoms. The van der Waals surface area contributed by atoms with Crippen LogP contribution in [0.4, 0.5) is 0 Å². The van der Waals surface area contributed by atoms with Gasteiger partial charge >= 0.3 is 0 Å². The van der Waals surface area contributed by atoms with Gasteiger partial charge in [0.25, 0.3) is 0 Å². The molecule has 0 aliphatic rings. The topological polar surface area (TPSA) is 72.0 Å². The van der Waals surface area contributed by atoms with Crippen LogP contribution in [0, 0.1) is 5.92 Å². The molecule has 0 radical (unpaired) electrons. The Balaban J connectivity index is 2.89. The molecule has 0 fully saturated rings. The van der Waals surface area contributed by atoms with Crippen LogP contribution in [0.5, 0.6) is 0 Å². The average molecular weight is 296 g/mol. The minimum atomic E-state index is -0.0487. The lowest BCUT2D eigenvalue weighted by Crippen LogP contribution is -2.60. The van der Waals surface area contributed by atoms with Gasteiger partial charge in [-0.15, -0.1) is 0 Å². The van der Waals surface area contributed by atoms with Gasteiger partial charge in [0.1, 0.15) is 12.2 Å². The van der Waals surface area contributed by atoms with E-state index in [1.54, 1.807) is 6.33 Å². The fourth-order valence-electron chi connectivity index (χ4n) is 2.90. The number of likely N-dealkylation sites (N-methyl/N-ethyl adjacent to an activating group) is 1. The average Bonchev–Trinajstić information content (AvgIpc) is 2.83. The summed E-state index contributed by atoms with van der Waals surface area (Å²) in [5, 5.41) is 4.33. The first-order chi connectivity index (χ1) is 9.86. The number of hydrogen-bond acceptors (Lipinski definition) is 5. The Hall–Kier alpha value is -0.980. The van der Waals surface area contributed by atoms with Gasteiger partial charge in [-0.05, 0) is 32.9 Å². The third kappa shape index (κ3) is 4.49. The minimum Gasteiger partial charge on any atom is -0.297 e. The van der Waals surface area contributed by atoms with Gasteiger partial charge in [-0.2, -0.15) is 5.10 Å². The Kier molecular flexibility index (Phi) is 6.77. The van der Waals surface area contributed by atoms with Crippen LogP contribution in [0.2, 0.25) is 0 Å². The number of rotatable bonds is 9. The van der Waals surface area contributed by atoms with Gasteiger partial charge in [0.15, 0.2) is 0 Å². The molecule has 21 heavy (non-hydrogen) atoms. The van der Waals surface area contributed by atoms with E-state index in [9.17, 15) is 0 Å². The monoisotopic (exact) mass is 296 g/mol. The zero-order chi connectivity index (χ0) is 16.0. The van der Waals surface area contributed by atoms with Crippen molar-refractivity contribution >= 4 is 0 Å². The third-order valence-corrected chi connectivity index (χ3v) is 4.25.